The van der Waals surface area contributed by atoms with Crippen LogP contribution in [0.4, 0.5) is 0 Å². The first-order valence-electron chi connectivity index (χ1n) is 6.77. The molecule has 0 aliphatic rings. The molecule has 0 saturated carbocycles. The minimum Gasteiger partial charge on any atom is -0.312 e. The van der Waals surface area contributed by atoms with E-state index in [2.05, 4.69) is 55.2 Å². The Morgan fingerprint density at radius 3 is 2.53 bits per heavy atom. The first kappa shape index (κ1) is 13.7. The van der Waals surface area contributed by atoms with Gasteiger partial charge in [0.1, 0.15) is 0 Å². The van der Waals surface area contributed by atoms with Crippen LogP contribution in [0.1, 0.15) is 42.5 Å². The number of hydrogen-bond acceptors (Lipinski definition) is 3. The largest absolute Gasteiger partial charge is 0.312 e. The molecule has 0 aromatic carbocycles. The predicted molar refractivity (Wildman–Crippen MR) is 77.7 cm³/mol. The molecule has 0 radical (unpaired) electrons. The second kappa shape index (κ2) is 5.53. The molecule has 4 nitrogen and oxygen atoms in total. The van der Waals surface area contributed by atoms with E-state index >= 15 is 0 Å². The summed E-state index contributed by atoms with van der Waals surface area (Å²) in [4.78, 5) is 4.51. The first-order valence-corrected chi connectivity index (χ1v) is 6.77. The number of pyridine rings is 1. The maximum Gasteiger partial charge on any atom is 0.0832 e. The molecule has 1 N–H and O–H groups in total. The Bertz CT molecular complexity index is 554. The van der Waals surface area contributed by atoms with Gasteiger partial charge in [0.2, 0.25) is 0 Å². The summed E-state index contributed by atoms with van der Waals surface area (Å²) in [6.45, 7) is 8.44. The van der Waals surface area contributed by atoms with Crippen LogP contribution in [-0.4, -0.2) is 21.8 Å². The molecule has 2 heterocycles. The quantitative estimate of drug-likeness (QED) is 0.917. The number of aryl methyl sites for hydroxylation is 1. The zero-order valence-electron chi connectivity index (χ0n) is 12.4. The van der Waals surface area contributed by atoms with Crippen LogP contribution >= 0.6 is 0 Å². The summed E-state index contributed by atoms with van der Waals surface area (Å²) in [6, 6.07) is 4.40. The summed E-state index contributed by atoms with van der Waals surface area (Å²) in [5, 5.41) is 7.80. The van der Waals surface area contributed by atoms with Crippen molar-refractivity contribution in [3.05, 3.63) is 41.0 Å². The minimum absolute atomic E-state index is 0.265. The zero-order chi connectivity index (χ0) is 14.0. The summed E-state index contributed by atoms with van der Waals surface area (Å²) < 4.78 is 1.98. The highest BCUT2D eigenvalue weighted by Crippen LogP contribution is 2.18. The fourth-order valence-corrected chi connectivity index (χ4v) is 2.36. The van der Waals surface area contributed by atoms with E-state index in [1.54, 1.807) is 0 Å². The molecule has 0 aliphatic carbocycles. The number of hydrogen-bond donors (Lipinski definition) is 1. The summed E-state index contributed by atoms with van der Waals surface area (Å²) >= 11 is 0. The lowest BCUT2D eigenvalue weighted by Gasteiger charge is -2.10. The molecule has 2 aromatic rings. The molecule has 2 aromatic heterocycles. The molecule has 19 heavy (non-hydrogen) atoms. The lowest BCUT2D eigenvalue weighted by molar-refractivity contribution is 0.632. The van der Waals surface area contributed by atoms with Crippen molar-refractivity contribution in [2.75, 3.05) is 7.05 Å². The standard InChI is InChI=1S/C15H22N4/c1-6-14-10(2)18-19(12(14)4)13-7-8-15(17-9-13)11(3)16-5/h7-9,11,16H,6H2,1-5H3. The van der Waals surface area contributed by atoms with E-state index in [1.165, 1.54) is 11.3 Å². The van der Waals surface area contributed by atoms with Crippen LogP contribution in [0.2, 0.25) is 0 Å². The molecule has 0 bridgehead atoms. The normalized spacial score (nSPS) is 12.7. The maximum atomic E-state index is 4.61. The van der Waals surface area contributed by atoms with Gasteiger partial charge in [-0.1, -0.05) is 6.92 Å². The van der Waals surface area contributed by atoms with Gasteiger partial charge in [-0.2, -0.15) is 5.10 Å². The van der Waals surface area contributed by atoms with Crippen LogP contribution in [0.15, 0.2) is 18.3 Å². The van der Waals surface area contributed by atoms with Gasteiger partial charge in [-0.15, -0.1) is 0 Å². The van der Waals surface area contributed by atoms with Crippen LogP contribution < -0.4 is 5.32 Å². The van der Waals surface area contributed by atoms with Gasteiger partial charge in [-0.3, -0.25) is 4.98 Å². The van der Waals surface area contributed by atoms with Crippen molar-refractivity contribution in [2.45, 2.75) is 40.2 Å². The summed E-state index contributed by atoms with van der Waals surface area (Å²) in [5.74, 6) is 0. The molecular weight excluding hydrogens is 236 g/mol. The fourth-order valence-electron chi connectivity index (χ4n) is 2.36. The third kappa shape index (κ3) is 2.54. The van der Waals surface area contributed by atoms with Gasteiger partial charge in [-0.05, 0) is 51.9 Å². The van der Waals surface area contributed by atoms with E-state index in [-0.39, 0.29) is 6.04 Å². The third-order valence-corrected chi connectivity index (χ3v) is 3.69. The third-order valence-electron chi connectivity index (χ3n) is 3.69. The number of aromatic nitrogens is 3. The highest BCUT2D eigenvalue weighted by molar-refractivity contribution is 5.36. The van der Waals surface area contributed by atoms with E-state index < -0.39 is 0 Å². The van der Waals surface area contributed by atoms with Crippen molar-refractivity contribution in [1.82, 2.24) is 20.1 Å². The van der Waals surface area contributed by atoms with Crippen molar-refractivity contribution < 1.29 is 0 Å². The molecule has 0 amide bonds. The van der Waals surface area contributed by atoms with Crippen LogP contribution in [0.25, 0.3) is 5.69 Å². The Morgan fingerprint density at radius 1 is 1.32 bits per heavy atom. The molecule has 1 atom stereocenters. The Hall–Kier alpha value is -1.68. The lowest BCUT2D eigenvalue weighted by Crippen LogP contribution is -2.14. The molecule has 1 unspecified atom stereocenters. The summed E-state index contributed by atoms with van der Waals surface area (Å²) in [6.07, 6.45) is 2.90. The lowest BCUT2D eigenvalue weighted by atomic mass is 10.1. The van der Waals surface area contributed by atoms with E-state index in [4.69, 9.17) is 0 Å². The van der Waals surface area contributed by atoms with Crippen LogP contribution in [0.5, 0.6) is 0 Å². The number of rotatable bonds is 4. The SMILES string of the molecule is CCc1c(C)nn(-c2ccc(C(C)NC)nc2)c1C. The highest BCUT2D eigenvalue weighted by Gasteiger charge is 2.12. The van der Waals surface area contributed by atoms with Crippen molar-refractivity contribution in [3.8, 4) is 5.69 Å². The first-order chi connectivity index (χ1) is 9.08. The Kier molecular flexibility index (Phi) is 4.00. The van der Waals surface area contributed by atoms with Crippen molar-refractivity contribution in [1.29, 1.82) is 0 Å². The van der Waals surface area contributed by atoms with Gasteiger partial charge in [0.05, 0.1) is 23.3 Å². The molecule has 0 saturated heterocycles. The number of nitrogens with one attached hydrogen (secondary N) is 1. The van der Waals surface area contributed by atoms with E-state index in [1.807, 2.05) is 17.9 Å². The van der Waals surface area contributed by atoms with Crippen LogP contribution in [-0.2, 0) is 6.42 Å². The van der Waals surface area contributed by atoms with Gasteiger partial charge in [0.25, 0.3) is 0 Å². The van der Waals surface area contributed by atoms with Gasteiger partial charge in [0, 0.05) is 11.7 Å². The zero-order valence-corrected chi connectivity index (χ0v) is 12.4. The molecule has 0 fully saturated rings. The monoisotopic (exact) mass is 258 g/mol. The summed E-state index contributed by atoms with van der Waals surface area (Å²) in [7, 11) is 1.94. The van der Waals surface area contributed by atoms with Crippen molar-refractivity contribution in [2.24, 2.45) is 0 Å². The maximum absolute atomic E-state index is 4.61. The van der Waals surface area contributed by atoms with Crippen LogP contribution in [0, 0.1) is 13.8 Å². The minimum atomic E-state index is 0.265. The molecule has 102 valence electrons. The molecular formula is C15H22N4. The van der Waals surface area contributed by atoms with E-state index in [0.717, 1.165) is 23.5 Å². The Balaban J connectivity index is 2.37. The topological polar surface area (TPSA) is 42.7 Å². The molecule has 4 heteroatoms. The van der Waals surface area contributed by atoms with Gasteiger partial charge in [-0.25, -0.2) is 4.68 Å². The van der Waals surface area contributed by atoms with Crippen molar-refractivity contribution >= 4 is 0 Å². The second-order valence-electron chi connectivity index (χ2n) is 4.87. The average molecular weight is 258 g/mol. The average Bonchev–Trinajstić information content (AvgIpc) is 2.72. The Labute approximate surface area is 114 Å². The van der Waals surface area contributed by atoms with E-state index in [0.29, 0.717) is 0 Å². The number of nitrogens with zero attached hydrogens (tertiary/aromatic N) is 3. The van der Waals surface area contributed by atoms with Gasteiger partial charge in [0.15, 0.2) is 0 Å². The Morgan fingerprint density at radius 2 is 2.05 bits per heavy atom. The van der Waals surface area contributed by atoms with Gasteiger partial charge < -0.3 is 5.32 Å². The van der Waals surface area contributed by atoms with E-state index in [9.17, 15) is 0 Å². The fraction of sp³-hybridized carbons (Fsp3) is 0.467. The summed E-state index contributed by atoms with van der Waals surface area (Å²) in [5.41, 5.74) is 5.70. The van der Waals surface area contributed by atoms with Gasteiger partial charge >= 0.3 is 0 Å². The smallest absolute Gasteiger partial charge is 0.0832 e. The molecule has 2 rings (SSSR count). The highest BCUT2D eigenvalue weighted by atomic mass is 15.3. The molecule has 0 spiro atoms. The van der Waals surface area contributed by atoms with Crippen molar-refractivity contribution in [3.63, 3.8) is 0 Å². The second-order valence-corrected chi connectivity index (χ2v) is 4.87. The predicted octanol–water partition coefficient (Wildman–Crippen LogP) is 2.73. The molecule has 0 aliphatic heterocycles. The van der Waals surface area contributed by atoms with Crippen LogP contribution in [0.3, 0.4) is 0 Å².